The number of nitrogens with zero attached hydrogens (tertiary/aromatic N) is 4. The second kappa shape index (κ2) is 5.18. The van der Waals surface area contributed by atoms with E-state index in [1.807, 2.05) is 24.3 Å². The van der Waals surface area contributed by atoms with Crippen molar-refractivity contribution in [1.82, 2.24) is 14.9 Å². The number of fused-ring (bicyclic) bond motifs is 1. The number of aromatic amines is 1. The normalized spacial score (nSPS) is 11.1. The van der Waals surface area contributed by atoms with Gasteiger partial charge < -0.3 is 9.88 Å². The minimum atomic E-state index is -0.663. The molecule has 7 nitrogen and oxygen atoms in total. The van der Waals surface area contributed by atoms with Crippen molar-refractivity contribution in [1.29, 1.82) is 5.26 Å². The Bertz CT molecular complexity index is 648. The molecule has 0 radical (unpaired) electrons. The molecule has 19 heavy (non-hydrogen) atoms. The van der Waals surface area contributed by atoms with E-state index < -0.39 is 6.09 Å². The lowest BCUT2D eigenvalue weighted by Crippen LogP contribution is -2.21. The topological polar surface area (TPSA) is 94.4 Å². The molecule has 0 fully saturated rings. The van der Waals surface area contributed by atoms with E-state index in [2.05, 4.69) is 20.0 Å². The highest BCUT2D eigenvalue weighted by molar-refractivity contribution is 6.10. The van der Waals surface area contributed by atoms with Crippen molar-refractivity contribution in [3.05, 3.63) is 30.1 Å². The molecule has 1 aromatic carbocycles. The molecule has 96 valence electrons. The lowest BCUT2D eigenvalue weighted by atomic mass is 10.3. The molecule has 1 aromatic heterocycles. The Morgan fingerprint density at radius 2 is 2.21 bits per heavy atom. The molecule has 7 heteroatoms. The maximum absolute atomic E-state index is 11.2. The number of nitrogens with one attached hydrogen (secondary N) is 1. The van der Waals surface area contributed by atoms with Gasteiger partial charge in [-0.05, 0) is 12.1 Å². The van der Waals surface area contributed by atoms with Gasteiger partial charge in [-0.2, -0.15) is 5.26 Å². The molecule has 0 aliphatic rings. The van der Waals surface area contributed by atoms with Crippen molar-refractivity contribution >= 4 is 22.8 Å². The Morgan fingerprint density at radius 3 is 2.84 bits per heavy atom. The van der Waals surface area contributed by atoms with Gasteiger partial charge in [0.1, 0.15) is 6.07 Å². The van der Waals surface area contributed by atoms with Crippen molar-refractivity contribution in [3.63, 3.8) is 0 Å². The largest absolute Gasteiger partial charge is 0.435 e. The average molecular weight is 257 g/mol. The molecule has 0 bridgehead atoms. The SMILES string of the molecule is CN(C)C(=O)O/N=C(\C#N)c1nc2ccccc2[nH]1. The summed E-state index contributed by atoms with van der Waals surface area (Å²) >= 11 is 0. The standard InChI is InChI=1S/C12H11N5O2/c1-17(2)12(18)19-16-10(7-13)11-14-8-5-3-4-6-9(8)15-11/h3-6H,1-2H3,(H,14,15)/b16-10+. The smallest absolute Gasteiger partial charge is 0.336 e. The number of carbonyl (C=O) groups excluding carboxylic acids is 1. The first-order valence-corrected chi connectivity index (χ1v) is 5.43. The fourth-order valence-electron chi connectivity index (χ4n) is 1.35. The molecule has 0 aliphatic carbocycles. The van der Waals surface area contributed by atoms with Crippen LogP contribution >= 0.6 is 0 Å². The predicted molar refractivity (Wildman–Crippen MR) is 68.4 cm³/mol. The van der Waals surface area contributed by atoms with Crippen molar-refractivity contribution < 1.29 is 9.63 Å². The van der Waals surface area contributed by atoms with E-state index in [0.29, 0.717) is 5.52 Å². The first-order valence-electron chi connectivity index (χ1n) is 5.43. The van der Waals surface area contributed by atoms with E-state index in [1.54, 1.807) is 6.07 Å². The van der Waals surface area contributed by atoms with Crippen LogP contribution in [-0.2, 0) is 4.84 Å². The lowest BCUT2D eigenvalue weighted by Gasteiger charge is -2.05. The number of oxime groups is 1. The number of H-pyrrole nitrogens is 1. The minimum Gasteiger partial charge on any atom is -0.336 e. The third-order valence-electron chi connectivity index (χ3n) is 2.30. The molecule has 2 rings (SSSR count). The summed E-state index contributed by atoms with van der Waals surface area (Å²) in [7, 11) is 3.04. The number of hydrogen-bond acceptors (Lipinski definition) is 5. The summed E-state index contributed by atoms with van der Waals surface area (Å²) in [5, 5.41) is 12.5. The van der Waals surface area contributed by atoms with Crippen LogP contribution in [0.1, 0.15) is 5.82 Å². The van der Waals surface area contributed by atoms with Crippen LogP contribution < -0.4 is 0 Å². The number of hydrogen-bond donors (Lipinski definition) is 1. The van der Waals surface area contributed by atoms with Crippen LogP contribution in [0.3, 0.4) is 0 Å². The molecule has 0 aliphatic heterocycles. The Labute approximate surface area is 109 Å². The third-order valence-corrected chi connectivity index (χ3v) is 2.30. The zero-order valence-electron chi connectivity index (χ0n) is 10.4. The zero-order chi connectivity index (χ0) is 13.8. The summed E-state index contributed by atoms with van der Waals surface area (Å²) in [6, 6.07) is 9.14. The Balaban J connectivity index is 2.29. The number of aromatic nitrogens is 2. The van der Waals surface area contributed by atoms with Crippen molar-refractivity contribution in [2.45, 2.75) is 0 Å². The number of rotatable bonds is 2. The maximum Gasteiger partial charge on any atom is 0.435 e. The molecule has 0 saturated heterocycles. The van der Waals surface area contributed by atoms with Crippen LogP contribution in [0.25, 0.3) is 11.0 Å². The van der Waals surface area contributed by atoms with E-state index in [-0.39, 0.29) is 11.5 Å². The first-order chi connectivity index (χ1) is 9.11. The summed E-state index contributed by atoms with van der Waals surface area (Å²) in [5.74, 6) is 0.259. The van der Waals surface area contributed by atoms with Gasteiger partial charge in [0.25, 0.3) is 0 Å². The molecular weight excluding hydrogens is 246 g/mol. The summed E-state index contributed by atoms with van der Waals surface area (Å²) in [6.45, 7) is 0. The van der Waals surface area contributed by atoms with Gasteiger partial charge in [0.15, 0.2) is 5.82 Å². The molecule has 0 unspecified atom stereocenters. The number of nitriles is 1. The van der Waals surface area contributed by atoms with Crippen LogP contribution in [0.4, 0.5) is 4.79 Å². The molecule has 1 N–H and O–H groups in total. The van der Waals surface area contributed by atoms with Crippen LogP contribution in [0, 0.1) is 11.3 Å². The molecule has 0 spiro atoms. The van der Waals surface area contributed by atoms with Gasteiger partial charge in [-0.25, -0.2) is 9.78 Å². The highest BCUT2D eigenvalue weighted by Gasteiger charge is 2.11. The van der Waals surface area contributed by atoms with E-state index in [0.717, 1.165) is 5.52 Å². The number of para-hydroxylation sites is 2. The Hall–Kier alpha value is -2.88. The summed E-state index contributed by atoms with van der Waals surface area (Å²) in [4.78, 5) is 24.2. The van der Waals surface area contributed by atoms with Crippen molar-refractivity contribution in [2.24, 2.45) is 5.16 Å². The molecule has 0 atom stereocenters. The minimum absolute atomic E-state index is 0.0913. The molecule has 1 heterocycles. The second-order valence-electron chi connectivity index (χ2n) is 3.91. The van der Waals surface area contributed by atoms with E-state index in [1.165, 1.54) is 19.0 Å². The highest BCUT2D eigenvalue weighted by Crippen LogP contribution is 2.10. The van der Waals surface area contributed by atoms with Crippen LogP contribution in [-0.4, -0.2) is 40.8 Å². The van der Waals surface area contributed by atoms with E-state index in [9.17, 15) is 4.79 Å². The third kappa shape index (κ3) is 2.69. The molecule has 0 saturated carbocycles. The number of imidazole rings is 1. The summed E-state index contributed by atoms with van der Waals surface area (Å²) in [5.41, 5.74) is 1.39. The fourth-order valence-corrected chi connectivity index (χ4v) is 1.35. The van der Waals surface area contributed by atoms with Gasteiger partial charge in [0, 0.05) is 14.1 Å². The van der Waals surface area contributed by atoms with Gasteiger partial charge in [0.2, 0.25) is 5.71 Å². The Kier molecular flexibility index (Phi) is 3.43. The first kappa shape index (κ1) is 12.6. The molecule has 1 amide bonds. The maximum atomic E-state index is 11.2. The van der Waals surface area contributed by atoms with Crippen molar-refractivity contribution in [3.8, 4) is 6.07 Å². The van der Waals surface area contributed by atoms with Crippen LogP contribution in [0.2, 0.25) is 0 Å². The quantitative estimate of drug-likeness (QED) is 0.501. The van der Waals surface area contributed by atoms with Gasteiger partial charge in [0.05, 0.1) is 11.0 Å². The van der Waals surface area contributed by atoms with E-state index in [4.69, 9.17) is 5.26 Å². The van der Waals surface area contributed by atoms with Crippen molar-refractivity contribution in [2.75, 3.05) is 14.1 Å². The summed E-state index contributed by atoms with van der Waals surface area (Å²) in [6.07, 6.45) is -0.663. The average Bonchev–Trinajstić information content (AvgIpc) is 2.82. The van der Waals surface area contributed by atoms with Gasteiger partial charge in [-0.15, -0.1) is 0 Å². The fraction of sp³-hybridized carbons (Fsp3) is 0.167. The predicted octanol–water partition coefficient (Wildman–Crippen LogP) is 1.49. The zero-order valence-corrected chi connectivity index (χ0v) is 10.4. The monoisotopic (exact) mass is 257 g/mol. The van der Waals surface area contributed by atoms with Gasteiger partial charge >= 0.3 is 6.09 Å². The Morgan fingerprint density at radius 1 is 1.47 bits per heavy atom. The van der Waals surface area contributed by atoms with Gasteiger partial charge in [-0.1, -0.05) is 17.3 Å². The second-order valence-corrected chi connectivity index (χ2v) is 3.91. The van der Waals surface area contributed by atoms with Crippen LogP contribution in [0.5, 0.6) is 0 Å². The lowest BCUT2D eigenvalue weighted by molar-refractivity contribution is 0.122. The molecule has 2 aromatic rings. The number of amides is 1. The van der Waals surface area contributed by atoms with E-state index >= 15 is 0 Å². The number of carbonyl (C=O) groups is 1. The molecular formula is C12H11N5O2. The van der Waals surface area contributed by atoms with Gasteiger partial charge in [-0.3, -0.25) is 4.84 Å². The number of benzene rings is 1. The highest BCUT2D eigenvalue weighted by atomic mass is 16.7. The van der Waals surface area contributed by atoms with Crippen LogP contribution in [0.15, 0.2) is 29.4 Å². The summed E-state index contributed by atoms with van der Waals surface area (Å²) < 4.78 is 0.